The number of carboxylic acid groups (broad SMARTS) is 1. The van der Waals surface area contributed by atoms with E-state index in [9.17, 15) is 9.59 Å². The second-order valence-electron chi connectivity index (χ2n) is 9.20. The van der Waals surface area contributed by atoms with E-state index in [2.05, 4.69) is 11.2 Å². The zero-order chi connectivity index (χ0) is 24.6. The Labute approximate surface area is 206 Å². The van der Waals surface area contributed by atoms with Crippen molar-refractivity contribution in [1.82, 2.24) is 9.55 Å². The molecule has 2 heterocycles. The molecule has 1 saturated carbocycles. The maximum atomic E-state index is 13.5. The van der Waals surface area contributed by atoms with Crippen LogP contribution in [0.5, 0.6) is 0 Å². The molecule has 0 amide bonds. The fourth-order valence-electron chi connectivity index (χ4n) is 4.82. The number of oxime groups is 1. The summed E-state index contributed by atoms with van der Waals surface area (Å²) in [6.07, 6.45) is 3.57. The van der Waals surface area contributed by atoms with Crippen LogP contribution in [-0.4, -0.2) is 31.9 Å². The quantitative estimate of drug-likeness (QED) is 0.482. The number of carbonyl (C=O) groups is 1. The molecule has 1 N–H and O–H groups in total. The van der Waals surface area contributed by atoms with Crippen LogP contribution in [0.4, 0.5) is 0 Å². The minimum Gasteiger partial charge on any atom is -0.481 e. The monoisotopic (exact) mass is 490 g/mol. The van der Waals surface area contributed by atoms with Gasteiger partial charge in [0.05, 0.1) is 34.3 Å². The van der Waals surface area contributed by atoms with Crippen LogP contribution in [-0.2, 0) is 16.1 Å². The number of nitrogens with zero attached hydrogens (tertiary/aromatic N) is 4. The normalized spacial score (nSPS) is 20.8. The summed E-state index contributed by atoms with van der Waals surface area (Å²) in [5, 5.41) is 23.4. The summed E-state index contributed by atoms with van der Waals surface area (Å²) in [5.74, 6) is -0.275. The highest BCUT2D eigenvalue weighted by molar-refractivity contribution is 6.30. The zero-order valence-corrected chi connectivity index (χ0v) is 19.7. The van der Waals surface area contributed by atoms with Gasteiger partial charge in [-0.25, -0.2) is 4.98 Å². The topological polar surface area (TPSA) is 118 Å². The average molecular weight is 491 g/mol. The Hall–Kier alpha value is -3.70. The molecule has 35 heavy (non-hydrogen) atoms. The second kappa shape index (κ2) is 9.16. The third-order valence-electron chi connectivity index (χ3n) is 6.66. The van der Waals surface area contributed by atoms with E-state index in [4.69, 9.17) is 31.8 Å². The van der Waals surface area contributed by atoms with Crippen LogP contribution >= 0.6 is 11.6 Å². The highest BCUT2D eigenvalue weighted by atomic mass is 35.5. The number of aryl methyl sites for hydroxylation is 1. The van der Waals surface area contributed by atoms with Crippen LogP contribution in [0.2, 0.25) is 5.02 Å². The molecule has 5 rings (SSSR count). The number of halogens is 1. The van der Waals surface area contributed by atoms with Crippen LogP contribution < -0.4 is 5.56 Å². The number of fused-ring (bicyclic) bond motifs is 1. The van der Waals surface area contributed by atoms with Gasteiger partial charge in [0, 0.05) is 42.7 Å². The Kier molecular flexibility index (Phi) is 6.03. The fourth-order valence-corrected chi connectivity index (χ4v) is 4.95. The van der Waals surface area contributed by atoms with Crippen LogP contribution in [0.25, 0.3) is 16.6 Å². The van der Waals surface area contributed by atoms with Crippen molar-refractivity contribution >= 4 is 34.2 Å². The van der Waals surface area contributed by atoms with Crippen molar-refractivity contribution < 1.29 is 14.7 Å². The molecular weight excluding hydrogens is 468 g/mol. The number of aromatic nitrogens is 2. The summed E-state index contributed by atoms with van der Waals surface area (Å²) in [6.45, 7) is 0. The number of aliphatic carboxylic acids is 1. The van der Waals surface area contributed by atoms with Crippen LogP contribution in [0.15, 0.2) is 52.4 Å². The average Bonchev–Trinajstić information content (AvgIpc) is 3.27. The molecule has 3 aromatic rings. The first kappa shape index (κ1) is 23.1. The van der Waals surface area contributed by atoms with Crippen molar-refractivity contribution in [1.29, 1.82) is 5.26 Å². The van der Waals surface area contributed by atoms with Crippen molar-refractivity contribution in [3.8, 4) is 11.8 Å². The minimum absolute atomic E-state index is 0.0119. The number of rotatable bonds is 7. The highest BCUT2D eigenvalue weighted by Gasteiger charge is 2.51. The van der Waals surface area contributed by atoms with Gasteiger partial charge in [0.15, 0.2) is 0 Å². The third kappa shape index (κ3) is 4.52. The number of carboxylic acids is 1. The first-order chi connectivity index (χ1) is 16.9. The number of unbranched alkanes of at least 4 members (excludes halogenated alkanes) is 1. The second-order valence-corrected chi connectivity index (χ2v) is 9.64. The van der Waals surface area contributed by atoms with E-state index in [1.165, 1.54) is 0 Å². The van der Waals surface area contributed by atoms with Crippen molar-refractivity contribution in [2.45, 2.75) is 50.5 Å². The summed E-state index contributed by atoms with van der Waals surface area (Å²) in [4.78, 5) is 35.0. The number of hydrogen-bond donors (Lipinski definition) is 1. The third-order valence-corrected chi connectivity index (χ3v) is 6.91. The SMILES string of the molecule is N#CC1CC2(CC(c3ccc4c(=O)n(-c5ccc(Cl)cc5)c(CCCCC(=O)O)nc4c3)=NO2)C1. The molecule has 1 fully saturated rings. The Bertz CT molecular complexity index is 1430. The lowest BCUT2D eigenvalue weighted by molar-refractivity contribution is -0.137. The molecule has 9 heteroatoms. The maximum absolute atomic E-state index is 13.5. The first-order valence-corrected chi connectivity index (χ1v) is 11.9. The maximum Gasteiger partial charge on any atom is 0.303 e. The molecule has 0 saturated heterocycles. The van der Waals surface area contributed by atoms with E-state index in [1.807, 2.05) is 12.1 Å². The molecular formula is C26H23ClN4O4. The van der Waals surface area contributed by atoms with E-state index in [-0.39, 0.29) is 23.5 Å². The first-order valence-electron chi connectivity index (χ1n) is 11.6. The molecule has 2 aliphatic rings. The zero-order valence-electron chi connectivity index (χ0n) is 18.9. The lowest BCUT2D eigenvalue weighted by atomic mass is 9.69. The van der Waals surface area contributed by atoms with Gasteiger partial charge >= 0.3 is 5.97 Å². The van der Waals surface area contributed by atoms with Gasteiger partial charge in [-0.3, -0.25) is 14.2 Å². The summed E-state index contributed by atoms with van der Waals surface area (Å²) in [6, 6.07) is 14.7. The lowest BCUT2D eigenvalue weighted by Crippen LogP contribution is -2.43. The van der Waals surface area contributed by atoms with E-state index in [1.54, 1.807) is 34.9 Å². The predicted molar refractivity (Wildman–Crippen MR) is 131 cm³/mol. The largest absolute Gasteiger partial charge is 0.481 e. The van der Waals surface area contributed by atoms with E-state index in [0.717, 1.165) is 11.3 Å². The molecule has 1 aliphatic heterocycles. The van der Waals surface area contributed by atoms with Crippen LogP contribution in [0.1, 0.15) is 49.9 Å². The van der Waals surface area contributed by atoms with E-state index < -0.39 is 5.97 Å². The van der Waals surface area contributed by atoms with Gasteiger partial charge in [0.25, 0.3) is 5.56 Å². The molecule has 0 radical (unpaired) electrons. The van der Waals surface area contributed by atoms with Gasteiger partial charge in [-0.15, -0.1) is 0 Å². The molecule has 0 unspecified atom stereocenters. The summed E-state index contributed by atoms with van der Waals surface area (Å²) < 4.78 is 1.57. The molecule has 1 aliphatic carbocycles. The van der Waals surface area contributed by atoms with Crippen molar-refractivity contribution in [2.24, 2.45) is 11.1 Å². The Balaban J connectivity index is 1.50. The summed E-state index contributed by atoms with van der Waals surface area (Å²) in [5.41, 5.74) is 2.24. The summed E-state index contributed by atoms with van der Waals surface area (Å²) >= 11 is 6.04. The van der Waals surface area contributed by atoms with E-state index >= 15 is 0 Å². The fraction of sp³-hybridized carbons (Fsp3) is 0.346. The Morgan fingerprint density at radius 1 is 1.23 bits per heavy atom. The molecule has 1 aromatic heterocycles. The molecule has 178 valence electrons. The number of hydrogen-bond acceptors (Lipinski definition) is 6. The molecule has 1 spiro atoms. The molecule has 0 bridgehead atoms. The lowest BCUT2D eigenvalue weighted by Gasteiger charge is -2.38. The number of benzene rings is 2. The van der Waals surface area contributed by atoms with Gasteiger partial charge in [-0.05, 0) is 49.2 Å². The van der Waals surface area contributed by atoms with Crippen LogP contribution in [0.3, 0.4) is 0 Å². The Morgan fingerprint density at radius 2 is 2.00 bits per heavy atom. The summed E-state index contributed by atoms with van der Waals surface area (Å²) in [7, 11) is 0. The predicted octanol–water partition coefficient (Wildman–Crippen LogP) is 4.63. The van der Waals surface area contributed by atoms with Gasteiger partial charge in [-0.1, -0.05) is 22.8 Å². The molecule has 8 nitrogen and oxygen atoms in total. The van der Waals surface area contributed by atoms with Crippen molar-refractivity contribution in [3.05, 3.63) is 69.2 Å². The Morgan fingerprint density at radius 3 is 2.71 bits per heavy atom. The van der Waals surface area contributed by atoms with Gasteiger partial charge in [0.1, 0.15) is 11.4 Å². The number of nitriles is 1. The standard InChI is InChI=1S/C26H23ClN4O4/c27-18-6-8-19(9-7-18)31-23(3-1-2-4-24(32)33)29-21-11-17(5-10-20(21)25(31)34)22-14-26(35-30-22)12-16(13-26)15-28/h5-11,16H,1-4,12-14H2,(H,32,33). The van der Waals surface area contributed by atoms with Crippen molar-refractivity contribution in [3.63, 3.8) is 0 Å². The van der Waals surface area contributed by atoms with Gasteiger partial charge in [0.2, 0.25) is 0 Å². The molecule has 0 atom stereocenters. The van der Waals surface area contributed by atoms with Crippen LogP contribution in [0, 0.1) is 17.2 Å². The smallest absolute Gasteiger partial charge is 0.303 e. The van der Waals surface area contributed by atoms with E-state index in [0.29, 0.717) is 66.0 Å². The highest BCUT2D eigenvalue weighted by Crippen LogP contribution is 2.46. The van der Waals surface area contributed by atoms with Gasteiger partial charge < -0.3 is 9.94 Å². The van der Waals surface area contributed by atoms with Crippen molar-refractivity contribution in [2.75, 3.05) is 0 Å². The minimum atomic E-state index is -0.846. The van der Waals surface area contributed by atoms with Gasteiger partial charge in [-0.2, -0.15) is 5.26 Å². The molecule has 2 aromatic carbocycles.